The van der Waals surface area contributed by atoms with E-state index in [1.54, 1.807) is 13.1 Å². The monoisotopic (exact) mass is 266 g/mol. The Labute approximate surface area is 108 Å². The van der Waals surface area contributed by atoms with E-state index >= 15 is 0 Å². The van der Waals surface area contributed by atoms with E-state index in [0.29, 0.717) is 12.1 Å². The molecule has 0 radical (unpaired) electrons. The molecular formula is C12H12F2N4O. The van der Waals surface area contributed by atoms with Crippen molar-refractivity contribution in [3.63, 3.8) is 0 Å². The lowest BCUT2D eigenvalue weighted by atomic mass is 10.3. The number of nitrogens with zero attached hydrogens (tertiary/aromatic N) is 3. The highest BCUT2D eigenvalue weighted by Gasteiger charge is 2.15. The number of aryl methyl sites for hydroxylation is 2. The highest BCUT2D eigenvalue weighted by molar-refractivity contribution is 6.03. The van der Waals surface area contributed by atoms with Crippen LogP contribution in [0.4, 0.5) is 14.5 Å². The molecule has 5 nitrogen and oxygen atoms in total. The first kappa shape index (κ1) is 13.1. The molecule has 0 aromatic carbocycles. The number of hydrogen-bond acceptors (Lipinski definition) is 3. The standard InChI is InChI=1S/C12H12F2N4O/c1-3-7-6-9(18(2)17-7)12(19)15-8-4-5-10(13)16-11(8)14/h4-6H,3H2,1-2H3,(H,15,19). The number of aromatic nitrogens is 3. The molecule has 0 unspecified atom stereocenters. The van der Waals surface area contributed by atoms with Crippen LogP contribution in [-0.2, 0) is 13.5 Å². The Hall–Kier alpha value is -2.31. The Balaban J connectivity index is 2.23. The molecule has 100 valence electrons. The molecule has 7 heteroatoms. The summed E-state index contributed by atoms with van der Waals surface area (Å²) >= 11 is 0. The van der Waals surface area contributed by atoms with E-state index in [1.807, 2.05) is 6.92 Å². The molecule has 0 fully saturated rings. The average molecular weight is 266 g/mol. The summed E-state index contributed by atoms with van der Waals surface area (Å²) in [6.45, 7) is 1.91. The van der Waals surface area contributed by atoms with Gasteiger partial charge < -0.3 is 5.32 Å². The number of hydrogen-bond donors (Lipinski definition) is 1. The third kappa shape index (κ3) is 2.75. The zero-order valence-electron chi connectivity index (χ0n) is 10.4. The van der Waals surface area contributed by atoms with E-state index in [2.05, 4.69) is 15.4 Å². The number of pyridine rings is 1. The average Bonchev–Trinajstić information content (AvgIpc) is 2.74. The van der Waals surface area contributed by atoms with Gasteiger partial charge in [-0.15, -0.1) is 0 Å². The minimum Gasteiger partial charge on any atom is -0.317 e. The molecule has 0 spiro atoms. The minimum atomic E-state index is -1.06. The summed E-state index contributed by atoms with van der Waals surface area (Å²) in [6, 6.07) is 3.70. The summed E-state index contributed by atoms with van der Waals surface area (Å²) in [4.78, 5) is 14.9. The Kier molecular flexibility index (Phi) is 3.55. The fourth-order valence-corrected chi connectivity index (χ4v) is 1.60. The van der Waals surface area contributed by atoms with Gasteiger partial charge in [0, 0.05) is 7.05 Å². The SMILES string of the molecule is CCc1cc(C(=O)Nc2ccc(F)nc2F)n(C)n1. The van der Waals surface area contributed by atoms with Gasteiger partial charge in [-0.25, -0.2) is 0 Å². The maximum Gasteiger partial charge on any atom is 0.274 e. The van der Waals surface area contributed by atoms with Crippen molar-refractivity contribution in [1.82, 2.24) is 14.8 Å². The molecular weight excluding hydrogens is 254 g/mol. The number of carbonyl (C=O) groups excluding carboxylic acids is 1. The fraction of sp³-hybridized carbons (Fsp3) is 0.250. The van der Waals surface area contributed by atoms with Crippen molar-refractivity contribution in [3.8, 4) is 0 Å². The fourth-order valence-electron chi connectivity index (χ4n) is 1.60. The lowest BCUT2D eigenvalue weighted by molar-refractivity contribution is 0.101. The largest absolute Gasteiger partial charge is 0.317 e. The number of halogens is 2. The second-order valence-corrected chi connectivity index (χ2v) is 3.92. The second kappa shape index (κ2) is 5.13. The van der Waals surface area contributed by atoms with Gasteiger partial charge in [0.2, 0.25) is 11.9 Å². The molecule has 2 aromatic rings. The number of nitrogens with one attached hydrogen (secondary N) is 1. The van der Waals surface area contributed by atoms with Crippen molar-refractivity contribution in [2.24, 2.45) is 7.05 Å². The molecule has 0 saturated carbocycles. The van der Waals surface area contributed by atoms with E-state index in [1.165, 1.54) is 4.68 Å². The van der Waals surface area contributed by atoms with E-state index < -0.39 is 17.8 Å². The lowest BCUT2D eigenvalue weighted by Gasteiger charge is -2.05. The predicted molar refractivity (Wildman–Crippen MR) is 64.7 cm³/mol. The summed E-state index contributed by atoms with van der Waals surface area (Å²) in [5, 5.41) is 6.44. The molecule has 0 aliphatic rings. The van der Waals surface area contributed by atoms with Gasteiger partial charge in [-0.05, 0) is 24.6 Å². The van der Waals surface area contributed by atoms with Crippen LogP contribution in [0.5, 0.6) is 0 Å². The van der Waals surface area contributed by atoms with Crippen LogP contribution in [0, 0.1) is 11.9 Å². The van der Waals surface area contributed by atoms with Gasteiger partial charge in [0.1, 0.15) is 5.69 Å². The van der Waals surface area contributed by atoms with Crippen LogP contribution < -0.4 is 5.32 Å². The third-order valence-corrected chi connectivity index (χ3v) is 2.59. The zero-order chi connectivity index (χ0) is 14.0. The number of amides is 1. The van der Waals surface area contributed by atoms with Gasteiger partial charge in [0.25, 0.3) is 5.91 Å². The quantitative estimate of drug-likeness (QED) is 0.863. The first-order valence-electron chi connectivity index (χ1n) is 5.67. The summed E-state index contributed by atoms with van der Waals surface area (Å²) in [7, 11) is 1.62. The third-order valence-electron chi connectivity index (χ3n) is 2.59. The molecule has 0 aliphatic carbocycles. The maximum absolute atomic E-state index is 13.3. The highest BCUT2D eigenvalue weighted by atomic mass is 19.1. The van der Waals surface area contributed by atoms with Crippen molar-refractivity contribution in [2.75, 3.05) is 5.32 Å². The van der Waals surface area contributed by atoms with Crippen molar-refractivity contribution >= 4 is 11.6 Å². The molecule has 1 amide bonds. The van der Waals surface area contributed by atoms with E-state index in [0.717, 1.165) is 17.8 Å². The predicted octanol–water partition coefficient (Wildman–Crippen LogP) is 1.91. The van der Waals surface area contributed by atoms with Gasteiger partial charge in [0.15, 0.2) is 0 Å². The molecule has 2 rings (SSSR count). The molecule has 0 aliphatic heterocycles. The van der Waals surface area contributed by atoms with Crippen molar-refractivity contribution in [3.05, 3.63) is 41.5 Å². The number of anilines is 1. The molecule has 0 saturated heterocycles. The van der Waals surface area contributed by atoms with Crippen LogP contribution in [-0.4, -0.2) is 20.7 Å². The van der Waals surface area contributed by atoms with Crippen molar-refractivity contribution < 1.29 is 13.6 Å². The highest BCUT2D eigenvalue weighted by Crippen LogP contribution is 2.13. The first-order valence-corrected chi connectivity index (χ1v) is 5.67. The summed E-state index contributed by atoms with van der Waals surface area (Å²) in [5.41, 5.74) is 0.872. The molecule has 2 aromatic heterocycles. The summed E-state index contributed by atoms with van der Waals surface area (Å²) in [6.07, 6.45) is 0.688. The van der Waals surface area contributed by atoms with Gasteiger partial charge in [-0.1, -0.05) is 6.92 Å². The number of rotatable bonds is 3. The molecule has 2 heterocycles. The van der Waals surface area contributed by atoms with E-state index in [4.69, 9.17) is 0 Å². The Bertz CT molecular complexity index is 624. The lowest BCUT2D eigenvalue weighted by Crippen LogP contribution is -2.17. The van der Waals surface area contributed by atoms with Crippen LogP contribution in [0.15, 0.2) is 18.2 Å². The minimum absolute atomic E-state index is 0.175. The Morgan fingerprint density at radius 1 is 1.42 bits per heavy atom. The maximum atomic E-state index is 13.3. The first-order chi connectivity index (χ1) is 9.01. The normalized spacial score (nSPS) is 10.5. The van der Waals surface area contributed by atoms with Crippen LogP contribution in [0.3, 0.4) is 0 Å². The van der Waals surface area contributed by atoms with Crippen LogP contribution in [0.25, 0.3) is 0 Å². The van der Waals surface area contributed by atoms with Crippen molar-refractivity contribution in [1.29, 1.82) is 0 Å². The topological polar surface area (TPSA) is 59.8 Å². The van der Waals surface area contributed by atoms with Gasteiger partial charge in [-0.2, -0.15) is 18.9 Å². The van der Waals surface area contributed by atoms with Gasteiger partial charge in [-0.3, -0.25) is 9.48 Å². The van der Waals surface area contributed by atoms with Crippen LogP contribution in [0.2, 0.25) is 0 Å². The summed E-state index contributed by atoms with van der Waals surface area (Å²) in [5.74, 6) is -2.53. The number of carbonyl (C=O) groups is 1. The van der Waals surface area contributed by atoms with Gasteiger partial charge in [0.05, 0.1) is 11.4 Å². The van der Waals surface area contributed by atoms with E-state index in [-0.39, 0.29) is 5.69 Å². The second-order valence-electron chi connectivity index (χ2n) is 3.92. The zero-order valence-corrected chi connectivity index (χ0v) is 10.4. The van der Waals surface area contributed by atoms with Crippen LogP contribution in [0.1, 0.15) is 23.1 Å². The van der Waals surface area contributed by atoms with Crippen LogP contribution >= 0.6 is 0 Å². The Morgan fingerprint density at radius 2 is 2.16 bits per heavy atom. The van der Waals surface area contributed by atoms with Crippen molar-refractivity contribution in [2.45, 2.75) is 13.3 Å². The van der Waals surface area contributed by atoms with E-state index in [9.17, 15) is 13.6 Å². The molecule has 0 bridgehead atoms. The summed E-state index contributed by atoms with van der Waals surface area (Å²) < 4.78 is 27.4. The molecule has 0 atom stereocenters. The molecule has 19 heavy (non-hydrogen) atoms. The smallest absolute Gasteiger partial charge is 0.274 e. The van der Waals surface area contributed by atoms with Gasteiger partial charge >= 0.3 is 0 Å². The molecule has 1 N–H and O–H groups in total. The Morgan fingerprint density at radius 3 is 2.74 bits per heavy atom.